The minimum Gasteiger partial charge on any atom is -0.330 e. The Morgan fingerprint density at radius 2 is 1.45 bits per heavy atom. The van der Waals surface area contributed by atoms with Gasteiger partial charge >= 0.3 is 0 Å². The molecule has 22 heavy (non-hydrogen) atoms. The number of hydrogen-bond donors (Lipinski definition) is 2. The Morgan fingerprint density at radius 3 is 2.09 bits per heavy atom. The SMILES string of the molecule is CC(C)=CCC/C(C)=C/CC/C(C)=C/CNCCCCCN. The first-order chi connectivity index (χ1) is 10.6. The molecule has 0 spiro atoms. The monoisotopic (exact) mass is 306 g/mol. The Balaban J connectivity index is 3.67. The van der Waals surface area contributed by atoms with Crippen molar-refractivity contribution in [3.63, 3.8) is 0 Å². The molecule has 0 amide bonds. The highest BCUT2D eigenvalue weighted by Gasteiger charge is 1.92. The van der Waals surface area contributed by atoms with Crippen molar-refractivity contribution < 1.29 is 0 Å². The highest BCUT2D eigenvalue weighted by molar-refractivity contribution is 5.05. The molecular formula is C20H38N2. The van der Waals surface area contributed by atoms with Gasteiger partial charge in [-0.1, -0.05) is 41.4 Å². The molecule has 0 aliphatic rings. The number of hydrogen-bond acceptors (Lipinski definition) is 2. The molecule has 0 rings (SSSR count). The molecule has 0 aromatic carbocycles. The highest BCUT2D eigenvalue weighted by Crippen LogP contribution is 2.11. The zero-order valence-electron chi connectivity index (χ0n) is 15.4. The summed E-state index contributed by atoms with van der Waals surface area (Å²) in [4.78, 5) is 0. The maximum absolute atomic E-state index is 5.48. The van der Waals surface area contributed by atoms with E-state index < -0.39 is 0 Å². The Bertz CT molecular complexity index is 347. The van der Waals surface area contributed by atoms with Crippen LogP contribution in [0.1, 0.15) is 72.6 Å². The lowest BCUT2D eigenvalue weighted by molar-refractivity contribution is 0.631. The van der Waals surface area contributed by atoms with Crippen LogP contribution in [0.25, 0.3) is 0 Å². The van der Waals surface area contributed by atoms with E-state index in [0.29, 0.717) is 0 Å². The first-order valence-corrected chi connectivity index (χ1v) is 8.91. The van der Waals surface area contributed by atoms with E-state index in [4.69, 9.17) is 5.73 Å². The summed E-state index contributed by atoms with van der Waals surface area (Å²) in [5, 5.41) is 3.47. The molecule has 0 saturated carbocycles. The summed E-state index contributed by atoms with van der Waals surface area (Å²) in [6.07, 6.45) is 15.4. The summed E-state index contributed by atoms with van der Waals surface area (Å²) in [6, 6.07) is 0. The van der Waals surface area contributed by atoms with Gasteiger partial charge in [0.25, 0.3) is 0 Å². The third kappa shape index (κ3) is 15.5. The van der Waals surface area contributed by atoms with E-state index in [9.17, 15) is 0 Å². The molecule has 0 saturated heterocycles. The fraction of sp³-hybridized carbons (Fsp3) is 0.700. The molecule has 2 heteroatoms. The van der Waals surface area contributed by atoms with E-state index in [-0.39, 0.29) is 0 Å². The molecule has 2 nitrogen and oxygen atoms in total. The van der Waals surface area contributed by atoms with Crippen molar-refractivity contribution in [2.24, 2.45) is 5.73 Å². The second-order valence-electron chi connectivity index (χ2n) is 6.51. The fourth-order valence-corrected chi connectivity index (χ4v) is 2.26. The van der Waals surface area contributed by atoms with E-state index in [1.807, 2.05) is 0 Å². The smallest absolute Gasteiger partial charge is 0.0137 e. The lowest BCUT2D eigenvalue weighted by Gasteiger charge is -2.03. The van der Waals surface area contributed by atoms with Gasteiger partial charge in [0.1, 0.15) is 0 Å². The molecule has 0 radical (unpaired) electrons. The molecule has 0 atom stereocenters. The minimum atomic E-state index is 0.820. The van der Waals surface area contributed by atoms with Gasteiger partial charge in [-0.15, -0.1) is 0 Å². The Kier molecular flexibility index (Phi) is 14.5. The molecule has 0 aromatic heterocycles. The standard InChI is InChI=1S/C20H38N2/c1-18(2)10-8-11-19(3)12-9-13-20(4)14-17-22-16-7-5-6-15-21/h10,12,14,22H,5-9,11,13,15-17,21H2,1-4H3/b19-12+,20-14+. The summed E-state index contributed by atoms with van der Waals surface area (Å²) in [7, 11) is 0. The molecule has 128 valence electrons. The van der Waals surface area contributed by atoms with E-state index in [1.54, 1.807) is 0 Å². The van der Waals surface area contributed by atoms with Crippen molar-refractivity contribution in [1.82, 2.24) is 5.32 Å². The molecule has 0 aliphatic heterocycles. The summed E-state index contributed by atoms with van der Waals surface area (Å²) in [5.74, 6) is 0. The van der Waals surface area contributed by atoms with Crippen LogP contribution in [0.15, 0.2) is 34.9 Å². The van der Waals surface area contributed by atoms with Gasteiger partial charge in [-0.2, -0.15) is 0 Å². The fourth-order valence-electron chi connectivity index (χ4n) is 2.26. The lowest BCUT2D eigenvalue weighted by atomic mass is 10.1. The Hall–Kier alpha value is -0.860. The minimum absolute atomic E-state index is 0.820. The molecule has 0 aromatic rings. The number of nitrogens with one attached hydrogen (secondary N) is 1. The van der Waals surface area contributed by atoms with Gasteiger partial charge in [-0.3, -0.25) is 0 Å². The second kappa shape index (κ2) is 15.1. The van der Waals surface area contributed by atoms with Gasteiger partial charge in [0.05, 0.1) is 0 Å². The first-order valence-electron chi connectivity index (χ1n) is 8.91. The number of unbranched alkanes of at least 4 members (excludes halogenated alkanes) is 2. The van der Waals surface area contributed by atoms with Crippen LogP contribution in [-0.2, 0) is 0 Å². The summed E-state index contributed by atoms with van der Waals surface area (Å²) in [6.45, 7) is 11.7. The normalized spacial score (nSPS) is 12.6. The number of allylic oxidation sites excluding steroid dienone is 5. The Morgan fingerprint density at radius 1 is 0.818 bits per heavy atom. The zero-order valence-corrected chi connectivity index (χ0v) is 15.4. The van der Waals surface area contributed by atoms with Gasteiger partial charge in [0.15, 0.2) is 0 Å². The van der Waals surface area contributed by atoms with Crippen LogP contribution in [0.2, 0.25) is 0 Å². The molecular weight excluding hydrogens is 268 g/mol. The van der Waals surface area contributed by atoms with Crippen molar-refractivity contribution >= 4 is 0 Å². The molecule has 0 aliphatic carbocycles. The molecule has 0 fully saturated rings. The molecule has 0 bridgehead atoms. The van der Waals surface area contributed by atoms with Crippen molar-refractivity contribution in [1.29, 1.82) is 0 Å². The zero-order chi connectivity index (χ0) is 16.6. The topological polar surface area (TPSA) is 38.0 Å². The maximum atomic E-state index is 5.48. The van der Waals surface area contributed by atoms with Crippen LogP contribution in [0.5, 0.6) is 0 Å². The van der Waals surface area contributed by atoms with E-state index >= 15 is 0 Å². The lowest BCUT2D eigenvalue weighted by Crippen LogP contribution is -2.15. The van der Waals surface area contributed by atoms with Gasteiger partial charge in [-0.25, -0.2) is 0 Å². The summed E-state index contributed by atoms with van der Waals surface area (Å²) in [5.41, 5.74) is 9.90. The van der Waals surface area contributed by atoms with Crippen LogP contribution >= 0.6 is 0 Å². The van der Waals surface area contributed by atoms with Crippen molar-refractivity contribution in [3.05, 3.63) is 34.9 Å². The quantitative estimate of drug-likeness (QED) is 0.366. The van der Waals surface area contributed by atoms with Crippen molar-refractivity contribution in [3.8, 4) is 0 Å². The largest absolute Gasteiger partial charge is 0.330 e. The second-order valence-corrected chi connectivity index (χ2v) is 6.51. The van der Waals surface area contributed by atoms with Crippen LogP contribution in [0.4, 0.5) is 0 Å². The van der Waals surface area contributed by atoms with Gasteiger partial charge < -0.3 is 11.1 Å². The Labute approximate surface area is 138 Å². The predicted molar refractivity (Wildman–Crippen MR) is 101 cm³/mol. The number of nitrogens with two attached hydrogens (primary N) is 1. The van der Waals surface area contributed by atoms with Crippen molar-refractivity contribution in [2.45, 2.75) is 72.6 Å². The van der Waals surface area contributed by atoms with E-state index in [1.165, 1.54) is 55.2 Å². The summed E-state index contributed by atoms with van der Waals surface area (Å²) < 4.78 is 0. The van der Waals surface area contributed by atoms with E-state index in [2.05, 4.69) is 51.2 Å². The van der Waals surface area contributed by atoms with Gasteiger partial charge in [0.2, 0.25) is 0 Å². The predicted octanol–water partition coefficient (Wildman–Crippen LogP) is 5.12. The third-order valence-electron chi connectivity index (χ3n) is 3.78. The third-order valence-corrected chi connectivity index (χ3v) is 3.78. The van der Waals surface area contributed by atoms with Gasteiger partial charge in [-0.05, 0) is 79.3 Å². The molecule has 3 N–H and O–H groups in total. The van der Waals surface area contributed by atoms with Crippen LogP contribution in [-0.4, -0.2) is 19.6 Å². The van der Waals surface area contributed by atoms with Crippen LogP contribution < -0.4 is 11.1 Å². The van der Waals surface area contributed by atoms with E-state index in [0.717, 1.165) is 26.1 Å². The van der Waals surface area contributed by atoms with Crippen LogP contribution in [0, 0.1) is 0 Å². The molecule has 0 heterocycles. The first kappa shape index (κ1) is 21.1. The summed E-state index contributed by atoms with van der Waals surface area (Å²) >= 11 is 0. The van der Waals surface area contributed by atoms with Crippen molar-refractivity contribution in [2.75, 3.05) is 19.6 Å². The highest BCUT2D eigenvalue weighted by atomic mass is 14.8. The average molecular weight is 307 g/mol. The van der Waals surface area contributed by atoms with Crippen LogP contribution in [0.3, 0.4) is 0 Å². The number of rotatable bonds is 13. The molecule has 0 unspecified atom stereocenters. The maximum Gasteiger partial charge on any atom is 0.0137 e. The van der Waals surface area contributed by atoms with Gasteiger partial charge in [0, 0.05) is 6.54 Å². The average Bonchev–Trinajstić information content (AvgIpc) is 2.46.